The highest BCUT2D eigenvalue weighted by molar-refractivity contribution is 9.10. The number of likely N-dealkylation sites (N-methyl/N-ethyl adjacent to an activating group) is 1. The minimum absolute atomic E-state index is 0.0974. The van der Waals surface area contributed by atoms with Crippen molar-refractivity contribution in [3.05, 3.63) is 33.8 Å². The summed E-state index contributed by atoms with van der Waals surface area (Å²) in [6, 6.07) is 6.49. The second-order valence-corrected chi connectivity index (χ2v) is 5.12. The molecule has 3 nitrogen and oxygen atoms in total. The molecule has 4 heteroatoms. The van der Waals surface area contributed by atoms with Crippen molar-refractivity contribution in [1.82, 2.24) is 4.90 Å². The molecule has 0 saturated heterocycles. The minimum Gasteiger partial charge on any atom is -0.480 e. The Kier molecular flexibility index (Phi) is 3.30. The maximum atomic E-state index is 10.7. The predicted octanol–water partition coefficient (Wildman–Crippen LogP) is 2.45. The molecule has 0 spiro atoms. The number of nitrogens with zero attached hydrogens (tertiary/aromatic N) is 1. The SMILES string of the molecule is CN(CC(=O)O)C1CCc2cc(Br)ccc21. The fourth-order valence-corrected chi connectivity index (χ4v) is 2.75. The molecular weight excluding hydrogens is 270 g/mol. The molecular formula is C12H14BrNO2. The van der Waals surface area contributed by atoms with E-state index in [1.54, 1.807) is 0 Å². The quantitative estimate of drug-likeness (QED) is 0.927. The summed E-state index contributed by atoms with van der Waals surface area (Å²) >= 11 is 3.45. The zero-order valence-corrected chi connectivity index (χ0v) is 10.7. The molecule has 16 heavy (non-hydrogen) atoms. The summed E-state index contributed by atoms with van der Waals surface area (Å²) in [6.45, 7) is 0.0974. The van der Waals surface area contributed by atoms with Crippen molar-refractivity contribution in [3.8, 4) is 0 Å². The van der Waals surface area contributed by atoms with E-state index in [4.69, 9.17) is 5.11 Å². The highest BCUT2D eigenvalue weighted by Gasteiger charge is 2.26. The second kappa shape index (κ2) is 4.55. The van der Waals surface area contributed by atoms with E-state index in [9.17, 15) is 4.79 Å². The summed E-state index contributed by atoms with van der Waals surface area (Å²) in [7, 11) is 1.87. The largest absolute Gasteiger partial charge is 0.480 e. The third-order valence-electron chi connectivity index (χ3n) is 3.07. The number of hydrogen-bond acceptors (Lipinski definition) is 2. The fraction of sp³-hybridized carbons (Fsp3) is 0.417. The molecule has 0 aromatic heterocycles. The van der Waals surface area contributed by atoms with Crippen LogP contribution in [0.15, 0.2) is 22.7 Å². The second-order valence-electron chi connectivity index (χ2n) is 4.21. The molecule has 1 aliphatic carbocycles. The summed E-state index contributed by atoms with van der Waals surface area (Å²) < 4.78 is 1.09. The molecule has 1 aromatic rings. The Morgan fingerprint density at radius 3 is 3.06 bits per heavy atom. The van der Waals surface area contributed by atoms with Crippen LogP contribution in [-0.4, -0.2) is 29.6 Å². The lowest BCUT2D eigenvalue weighted by Crippen LogP contribution is -2.28. The van der Waals surface area contributed by atoms with Crippen LogP contribution in [0.2, 0.25) is 0 Å². The van der Waals surface area contributed by atoms with Gasteiger partial charge in [-0.2, -0.15) is 0 Å². The molecule has 0 amide bonds. The van der Waals surface area contributed by atoms with Crippen molar-refractivity contribution in [2.75, 3.05) is 13.6 Å². The van der Waals surface area contributed by atoms with Crippen molar-refractivity contribution in [1.29, 1.82) is 0 Å². The van der Waals surface area contributed by atoms with E-state index in [0.717, 1.165) is 17.3 Å². The van der Waals surface area contributed by atoms with Crippen LogP contribution in [0, 0.1) is 0 Å². The van der Waals surface area contributed by atoms with Gasteiger partial charge in [0.15, 0.2) is 0 Å². The van der Waals surface area contributed by atoms with E-state index in [0.29, 0.717) is 0 Å². The normalized spacial score (nSPS) is 18.8. The van der Waals surface area contributed by atoms with Gasteiger partial charge in [0, 0.05) is 10.5 Å². The number of carboxylic acid groups (broad SMARTS) is 1. The van der Waals surface area contributed by atoms with E-state index >= 15 is 0 Å². The molecule has 0 aliphatic heterocycles. The van der Waals surface area contributed by atoms with Gasteiger partial charge in [0.25, 0.3) is 0 Å². The van der Waals surface area contributed by atoms with Crippen LogP contribution >= 0.6 is 15.9 Å². The van der Waals surface area contributed by atoms with Gasteiger partial charge in [0.1, 0.15) is 0 Å². The third kappa shape index (κ3) is 2.28. The van der Waals surface area contributed by atoms with Crippen LogP contribution in [0.4, 0.5) is 0 Å². The molecule has 1 aromatic carbocycles. The smallest absolute Gasteiger partial charge is 0.317 e. The van der Waals surface area contributed by atoms with E-state index in [1.165, 1.54) is 11.1 Å². The van der Waals surface area contributed by atoms with E-state index in [1.807, 2.05) is 18.0 Å². The first kappa shape index (κ1) is 11.6. The van der Waals surface area contributed by atoms with Crippen LogP contribution in [0.1, 0.15) is 23.6 Å². The lowest BCUT2D eigenvalue weighted by molar-refractivity contribution is -0.138. The molecule has 0 heterocycles. The zero-order valence-electron chi connectivity index (χ0n) is 9.11. The van der Waals surface area contributed by atoms with E-state index < -0.39 is 5.97 Å². The van der Waals surface area contributed by atoms with Crippen LogP contribution in [0.25, 0.3) is 0 Å². The first-order valence-corrected chi connectivity index (χ1v) is 6.07. The molecule has 0 fully saturated rings. The van der Waals surface area contributed by atoms with Crippen LogP contribution in [0.5, 0.6) is 0 Å². The van der Waals surface area contributed by atoms with Gasteiger partial charge in [-0.3, -0.25) is 9.69 Å². The molecule has 1 N–H and O–H groups in total. The Hall–Kier alpha value is -0.870. The van der Waals surface area contributed by atoms with Crippen molar-refractivity contribution in [3.63, 3.8) is 0 Å². The van der Waals surface area contributed by atoms with Crippen LogP contribution < -0.4 is 0 Å². The number of rotatable bonds is 3. The number of aryl methyl sites for hydroxylation is 1. The number of benzene rings is 1. The standard InChI is InChI=1S/C12H14BrNO2/c1-14(7-12(15)16)11-5-2-8-6-9(13)3-4-10(8)11/h3-4,6,11H,2,5,7H2,1H3,(H,15,16). The molecule has 2 rings (SSSR count). The Morgan fingerprint density at radius 1 is 1.62 bits per heavy atom. The average Bonchev–Trinajstić information content (AvgIpc) is 2.59. The molecule has 86 valence electrons. The first-order chi connectivity index (χ1) is 7.58. The number of carboxylic acids is 1. The predicted molar refractivity (Wildman–Crippen MR) is 65.5 cm³/mol. The van der Waals surface area contributed by atoms with Crippen molar-refractivity contribution >= 4 is 21.9 Å². The number of fused-ring (bicyclic) bond motifs is 1. The lowest BCUT2D eigenvalue weighted by atomic mass is 10.1. The topological polar surface area (TPSA) is 40.5 Å². The number of halogens is 1. The van der Waals surface area contributed by atoms with Gasteiger partial charge in [-0.1, -0.05) is 22.0 Å². The average molecular weight is 284 g/mol. The van der Waals surface area contributed by atoms with Crippen molar-refractivity contribution in [2.45, 2.75) is 18.9 Å². The van der Waals surface area contributed by atoms with E-state index in [-0.39, 0.29) is 12.6 Å². The minimum atomic E-state index is -0.770. The fourth-order valence-electron chi connectivity index (χ4n) is 2.34. The molecule has 1 aliphatic rings. The van der Waals surface area contributed by atoms with Gasteiger partial charge in [-0.25, -0.2) is 0 Å². The highest BCUT2D eigenvalue weighted by Crippen LogP contribution is 2.36. The summed E-state index contributed by atoms with van der Waals surface area (Å²) in [4.78, 5) is 12.6. The lowest BCUT2D eigenvalue weighted by Gasteiger charge is -2.23. The molecule has 0 bridgehead atoms. The Bertz CT molecular complexity index is 419. The zero-order chi connectivity index (χ0) is 11.7. The van der Waals surface area contributed by atoms with Crippen molar-refractivity contribution in [2.24, 2.45) is 0 Å². The maximum absolute atomic E-state index is 10.7. The molecule has 1 atom stereocenters. The third-order valence-corrected chi connectivity index (χ3v) is 3.56. The summed E-state index contributed by atoms with van der Waals surface area (Å²) in [5.41, 5.74) is 2.60. The summed E-state index contributed by atoms with van der Waals surface area (Å²) in [5, 5.41) is 8.79. The summed E-state index contributed by atoms with van der Waals surface area (Å²) in [5.74, 6) is -0.770. The van der Waals surface area contributed by atoms with Crippen LogP contribution in [-0.2, 0) is 11.2 Å². The highest BCUT2D eigenvalue weighted by atomic mass is 79.9. The first-order valence-electron chi connectivity index (χ1n) is 5.28. The van der Waals surface area contributed by atoms with Gasteiger partial charge < -0.3 is 5.11 Å². The Morgan fingerprint density at radius 2 is 2.38 bits per heavy atom. The van der Waals surface area contributed by atoms with Gasteiger partial charge in [-0.05, 0) is 43.1 Å². The van der Waals surface area contributed by atoms with Gasteiger partial charge in [0.05, 0.1) is 6.54 Å². The molecule has 0 saturated carbocycles. The maximum Gasteiger partial charge on any atom is 0.317 e. The molecule has 1 unspecified atom stereocenters. The Balaban J connectivity index is 2.20. The number of aliphatic carboxylic acids is 1. The number of carbonyl (C=O) groups is 1. The monoisotopic (exact) mass is 283 g/mol. The van der Waals surface area contributed by atoms with Crippen LogP contribution in [0.3, 0.4) is 0 Å². The number of hydrogen-bond donors (Lipinski definition) is 1. The molecule has 0 radical (unpaired) electrons. The van der Waals surface area contributed by atoms with E-state index in [2.05, 4.69) is 28.1 Å². The van der Waals surface area contributed by atoms with Gasteiger partial charge in [0.2, 0.25) is 0 Å². The van der Waals surface area contributed by atoms with Gasteiger partial charge in [-0.15, -0.1) is 0 Å². The summed E-state index contributed by atoms with van der Waals surface area (Å²) in [6.07, 6.45) is 2.04. The van der Waals surface area contributed by atoms with Gasteiger partial charge >= 0.3 is 5.97 Å². The van der Waals surface area contributed by atoms with Crippen molar-refractivity contribution < 1.29 is 9.90 Å². The Labute approximate surface area is 103 Å².